The molecule has 7 heteroatoms. The molecule has 3 amide bonds. The third-order valence-corrected chi connectivity index (χ3v) is 5.23. The van der Waals surface area contributed by atoms with E-state index in [0.29, 0.717) is 25.4 Å². The van der Waals surface area contributed by atoms with E-state index in [4.69, 9.17) is 5.73 Å². The molecule has 1 heterocycles. The van der Waals surface area contributed by atoms with Gasteiger partial charge in [-0.25, -0.2) is 9.79 Å². The number of rotatable bonds is 10. The molecule has 1 aromatic carbocycles. The van der Waals surface area contributed by atoms with Crippen molar-refractivity contribution in [3.63, 3.8) is 0 Å². The summed E-state index contributed by atoms with van der Waals surface area (Å²) in [4.78, 5) is 33.1. The molecule has 0 aliphatic carbocycles. The largest absolute Gasteiger partial charge is 0.369 e. The van der Waals surface area contributed by atoms with Gasteiger partial charge in [0.15, 0.2) is 5.96 Å². The van der Waals surface area contributed by atoms with Crippen LogP contribution in [0.1, 0.15) is 65.0 Å². The number of nitrogens with two attached hydrogens (primary N) is 1. The van der Waals surface area contributed by atoms with Crippen LogP contribution in [-0.4, -0.2) is 46.3 Å². The number of carbonyl (C=O) groups is 2. The molecular weight excluding hydrogens is 378 g/mol. The monoisotopic (exact) mass is 415 g/mol. The Morgan fingerprint density at radius 1 is 1.17 bits per heavy atom. The van der Waals surface area contributed by atoms with E-state index >= 15 is 0 Å². The van der Waals surface area contributed by atoms with Crippen molar-refractivity contribution < 1.29 is 9.59 Å². The molecule has 0 spiro atoms. The minimum Gasteiger partial charge on any atom is -0.369 e. The molecule has 1 aliphatic heterocycles. The van der Waals surface area contributed by atoms with Crippen molar-refractivity contribution in [2.24, 2.45) is 16.6 Å². The van der Waals surface area contributed by atoms with Crippen molar-refractivity contribution in [1.82, 2.24) is 15.1 Å². The normalized spacial score (nSPS) is 18.7. The predicted octanol–water partition coefficient (Wildman–Crippen LogP) is 3.48. The second-order valence-corrected chi connectivity index (χ2v) is 8.70. The zero-order valence-electron chi connectivity index (χ0n) is 19.1. The Morgan fingerprint density at radius 3 is 2.27 bits per heavy atom. The number of benzene rings is 1. The maximum atomic E-state index is 12.9. The molecule has 0 bridgehead atoms. The quantitative estimate of drug-likeness (QED) is 0.613. The van der Waals surface area contributed by atoms with Crippen LogP contribution in [0.25, 0.3) is 0 Å². The number of carbonyl (C=O) groups excluding carboxylic acids is 2. The number of amides is 3. The average molecular weight is 416 g/mol. The second-order valence-electron chi connectivity index (χ2n) is 8.70. The van der Waals surface area contributed by atoms with Gasteiger partial charge in [-0.3, -0.25) is 9.69 Å². The highest BCUT2D eigenvalue weighted by Crippen LogP contribution is 2.29. The highest BCUT2D eigenvalue weighted by atomic mass is 16.2. The molecule has 166 valence electrons. The fourth-order valence-electron chi connectivity index (χ4n) is 3.93. The maximum Gasteiger partial charge on any atom is 0.317 e. The Kier molecular flexibility index (Phi) is 8.26. The summed E-state index contributed by atoms with van der Waals surface area (Å²) in [7, 11) is 0. The lowest BCUT2D eigenvalue weighted by atomic mass is 9.91. The summed E-state index contributed by atoms with van der Waals surface area (Å²) in [5, 5.41) is 2.99. The highest BCUT2D eigenvalue weighted by molar-refractivity contribution is 6.06. The number of aliphatic imine (C=N–C) groups is 1. The van der Waals surface area contributed by atoms with E-state index in [1.807, 2.05) is 36.1 Å². The van der Waals surface area contributed by atoms with E-state index in [1.165, 1.54) is 0 Å². The summed E-state index contributed by atoms with van der Waals surface area (Å²) in [6.07, 6.45) is 2.56. The summed E-state index contributed by atoms with van der Waals surface area (Å²) < 4.78 is 0. The summed E-state index contributed by atoms with van der Waals surface area (Å²) in [6.45, 7) is 12.6. The third-order valence-electron chi connectivity index (χ3n) is 5.23. The minimum atomic E-state index is -0.772. The summed E-state index contributed by atoms with van der Waals surface area (Å²) >= 11 is 0. The van der Waals surface area contributed by atoms with Gasteiger partial charge in [0.1, 0.15) is 5.54 Å². The average Bonchev–Trinajstić information content (AvgIpc) is 2.89. The number of urea groups is 1. The van der Waals surface area contributed by atoms with Gasteiger partial charge < -0.3 is 16.0 Å². The van der Waals surface area contributed by atoms with Crippen LogP contribution < -0.4 is 11.1 Å². The van der Waals surface area contributed by atoms with Gasteiger partial charge in [-0.15, -0.1) is 0 Å². The van der Waals surface area contributed by atoms with Crippen LogP contribution in [0.5, 0.6) is 0 Å². The lowest BCUT2D eigenvalue weighted by Crippen LogP contribution is -2.43. The molecule has 3 N–H and O–H groups in total. The Balaban J connectivity index is 1.94. The Hall–Kier alpha value is -2.57. The predicted molar refractivity (Wildman–Crippen MR) is 121 cm³/mol. The number of hydrogen-bond donors (Lipinski definition) is 2. The molecule has 1 atom stereocenters. The van der Waals surface area contributed by atoms with Crippen LogP contribution in [0.2, 0.25) is 0 Å². The molecule has 0 radical (unpaired) electrons. The van der Waals surface area contributed by atoms with E-state index in [-0.39, 0.29) is 17.9 Å². The second kappa shape index (κ2) is 10.5. The van der Waals surface area contributed by atoms with Crippen LogP contribution >= 0.6 is 0 Å². The smallest absolute Gasteiger partial charge is 0.317 e. The van der Waals surface area contributed by atoms with Gasteiger partial charge in [0, 0.05) is 19.6 Å². The molecule has 1 aliphatic rings. The van der Waals surface area contributed by atoms with E-state index in [9.17, 15) is 9.59 Å². The summed E-state index contributed by atoms with van der Waals surface area (Å²) in [5.74, 6) is 0.596. The third kappa shape index (κ3) is 5.97. The van der Waals surface area contributed by atoms with E-state index in [0.717, 1.165) is 37.1 Å². The van der Waals surface area contributed by atoms with Gasteiger partial charge >= 0.3 is 6.03 Å². The fraction of sp³-hybridized carbons (Fsp3) is 0.609. The zero-order valence-corrected chi connectivity index (χ0v) is 19.1. The summed E-state index contributed by atoms with van der Waals surface area (Å²) in [6, 6.07) is 7.85. The van der Waals surface area contributed by atoms with Crippen molar-refractivity contribution in [3.8, 4) is 0 Å². The van der Waals surface area contributed by atoms with Gasteiger partial charge in [-0.05, 0) is 43.2 Å². The molecule has 7 nitrogen and oxygen atoms in total. The number of guanidine groups is 1. The first-order valence-electron chi connectivity index (χ1n) is 11.0. The highest BCUT2D eigenvalue weighted by Gasteiger charge is 2.43. The molecule has 1 unspecified atom stereocenters. The van der Waals surface area contributed by atoms with Crippen molar-refractivity contribution in [2.75, 3.05) is 13.1 Å². The van der Waals surface area contributed by atoms with Gasteiger partial charge in [0.2, 0.25) is 0 Å². The Morgan fingerprint density at radius 2 is 1.73 bits per heavy atom. The molecule has 30 heavy (non-hydrogen) atoms. The molecule has 0 fully saturated rings. The lowest BCUT2D eigenvalue weighted by Gasteiger charge is -2.23. The zero-order chi connectivity index (χ0) is 22.3. The van der Waals surface area contributed by atoms with Crippen LogP contribution in [0, 0.1) is 5.92 Å². The number of hydrogen-bond acceptors (Lipinski definition) is 4. The van der Waals surface area contributed by atoms with Gasteiger partial charge in [-0.1, -0.05) is 52.0 Å². The molecule has 2 rings (SSSR count). The van der Waals surface area contributed by atoms with E-state index in [2.05, 4.69) is 38.0 Å². The van der Waals surface area contributed by atoms with Crippen LogP contribution in [0.15, 0.2) is 29.3 Å². The first kappa shape index (κ1) is 23.7. The Labute approximate surface area is 180 Å². The van der Waals surface area contributed by atoms with Gasteiger partial charge in [0.25, 0.3) is 5.91 Å². The number of nitrogens with one attached hydrogen (secondary N) is 1. The maximum absolute atomic E-state index is 12.9. The fourth-order valence-corrected chi connectivity index (χ4v) is 3.93. The Bertz CT molecular complexity index is 753. The SMILES string of the molecule is CCCN(CCC)C(=O)NCc1ccc(CN2C(=O)C(C)(CC(C)C)N=C2N)cc1. The van der Waals surface area contributed by atoms with Crippen LogP contribution in [0.4, 0.5) is 4.79 Å². The molecule has 0 saturated heterocycles. The van der Waals surface area contributed by atoms with Crippen molar-refractivity contribution in [3.05, 3.63) is 35.4 Å². The molecule has 0 saturated carbocycles. The van der Waals surface area contributed by atoms with Crippen molar-refractivity contribution in [2.45, 2.75) is 72.5 Å². The number of nitrogens with zero attached hydrogens (tertiary/aromatic N) is 3. The van der Waals surface area contributed by atoms with E-state index < -0.39 is 5.54 Å². The standard InChI is InChI=1S/C23H37N5O2/c1-6-12-27(13-7-2)22(30)25-15-18-8-10-19(11-9-18)16-28-20(29)23(5,14-17(3)4)26-21(28)24/h8-11,17H,6-7,12-16H2,1-5H3,(H2,24,26)(H,25,30). The lowest BCUT2D eigenvalue weighted by molar-refractivity contribution is -0.131. The minimum absolute atomic E-state index is 0.0288. The van der Waals surface area contributed by atoms with E-state index in [1.54, 1.807) is 4.90 Å². The topological polar surface area (TPSA) is 91.0 Å². The first-order chi connectivity index (χ1) is 14.2. The van der Waals surface area contributed by atoms with Gasteiger partial charge in [0.05, 0.1) is 6.54 Å². The summed E-state index contributed by atoms with van der Waals surface area (Å²) in [5.41, 5.74) is 7.28. The van der Waals surface area contributed by atoms with Crippen molar-refractivity contribution >= 4 is 17.9 Å². The molecular formula is C23H37N5O2. The van der Waals surface area contributed by atoms with Crippen LogP contribution in [-0.2, 0) is 17.9 Å². The van der Waals surface area contributed by atoms with Gasteiger partial charge in [-0.2, -0.15) is 0 Å². The molecule has 0 aromatic heterocycles. The van der Waals surface area contributed by atoms with Crippen LogP contribution in [0.3, 0.4) is 0 Å². The van der Waals surface area contributed by atoms with Crippen molar-refractivity contribution in [1.29, 1.82) is 0 Å². The molecule has 1 aromatic rings. The first-order valence-corrected chi connectivity index (χ1v) is 11.0.